The average Bonchev–Trinajstić information content (AvgIpc) is 3.53. The second kappa shape index (κ2) is 12.1. The molecule has 0 unspecified atom stereocenters. The quantitative estimate of drug-likeness (QED) is 0.188. The molecule has 8 heteroatoms. The molecule has 0 amide bonds. The zero-order valence-electron chi connectivity index (χ0n) is 24.5. The van der Waals surface area contributed by atoms with E-state index in [9.17, 15) is 0 Å². The summed E-state index contributed by atoms with van der Waals surface area (Å²) >= 11 is 0. The van der Waals surface area contributed by atoms with E-state index in [1.165, 1.54) is 0 Å². The van der Waals surface area contributed by atoms with E-state index in [2.05, 4.69) is 73.9 Å². The van der Waals surface area contributed by atoms with Crippen molar-refractivity contribution in [1.82, 2.24) is 29.7 Å². The number of aromatic nitrogens is 4. The Labute approximate surface area is 236 Å². The first kappa shape index (κ1) is 27.7. The van der Waals surface area contributed by atoms with Gasteiger partial charge in [-0.15, -0.1) is 0 Å². The minimum atomic E-state index is 0.692. The van der Waals surface area contributed by atoms with Crippen LogP contribution >= 0.6 is 0 Å². The Hall–Kier alpha value is -3.88. The minimum Gasteiger partial charge on any atom is -0.493 e. The largest absolute Gasteiger partial charge is 0.493 e. The summed E-state index contributed by atoms with van der Waals surface area (Å²) in [6.07, 6.45) is 1.97. The summed E-state index contributed by atoms with van der Waals surface area (Å²) < 4.78 is 11.9. The molecule has 40 heavy (non-hydrogen) atoms. The standard InChI is InChI=1S/C32H40N6O2/c1-21-17-26(32-34-28-12-10-24(20-30(28)36-32)40-16-8-14-38(5)6)22(2)18-25(21)31-33-27-11-9-23(19-29(27)35-31)39-15-7-13-37(3)4/h9-12,17-20H,7-8,13-16H2,1-6H3,(H,33,35)(H,34,36). The monoisotopic (exact) mass is 540 g/mol. The molecule has 2 N–H and O–H groups in total. The van der Waals surface area contributed by atoms with E-state index in [-0.39, 0.29) is 0 Å². The predicted molar refractivity (Wildman–Crippen MR) is 163 cm³/mol. The van der Waals surface area contributed by atoms with E-state index in [4.69, 9.17) is 19.4 Å². The summed E-state index contributed by atoms with van der Waals surface area (Å²) in [7, 11) is 8.30. The molecule has 0 aliphatic rings. The van der Waals surface area contributed by atoms with Crippen LogP contribution in [0.3, 0.4) is 0 Å². The van der Waals surface area contributed by atoms with E-state index in [1.54, 1.807) is 0 Å². The number of nitrogens with zero attached hydrogens (tertiary/aromatic N) is 4. The Morgan fingerprint density at radius 1 is 0.625 bits per heavy atom. The number of hydrogen-bond donors (Lipinski definition) is 2. The second-order valence-electron chi connectivity index (χ2n) is 11.0. The Balaban J connectivity index is 1.34. The highest BCUT2D eigenvalue weighted by molar-refractivity contribution is 5.84. The van der Waals surface area contributed by atoms with Crippen LogP contribution in [0.2, 0.25) is 0 Å². The van der Waals surface area contributed by atoms with Gasteiger partial charge in [0.25, 0.3) is 0 Å². The fourth-order valence-corrected chi connectivity index (χ4v) is 4.88. The van der Waals surface area contributed by atoms with Gasteiger partial charge in [-0.1, -0.05) is 0 Å². The van der Waals surface area contributed by atoms with Crippen LogP contribution in [0.15, 0.2) is 48.5 Å². The third-order valence-electron chi connectivity index (χ3n) is 7.03. The fraction of sp³-hybridized carbons (Fsp3) is 0.375. The van der Waals surface area contributed by atoms with Crippen molar-refractivity contribution in [2.24, 2.45) is 0 Å². The number of imidazole rings is 2. The van der Waals surface area contributed by atoms with Crippen molar-refractivity contribution < 1.29 is 9.47 Å². The third-order valence-corrected chi connectivity index (χ3v) is 7.03. The Kier molecular flexibility index (Phi) is 8.38. The van der Waals surface area contributed by atoms with Crippen molar-refractivity contribution in [1.29, 1.82) is 0 Å². The van der Waals surface area contributed by atoms with Crippen molar-refractivity contribution in [2.45, 2.75) is 26.7 Å². The highest BCUT2D eigenvalue weighted by atomic mass is 16.5. The highest BCUT2D eigenvalue weighted by Crippen LogP contribution is 2.32. The van der Waals surface area contributed by atoms with E-state index in [0.717, 1.165) is 93.4 Å². The Bertz CT molecular complexity index is 1480. The summed E-state index contributed by atoms with van der Waals surface area (Å²) in [4.78, 5) is 21.1. The fourth-order valence-electron chi connectivity index (χ4n) is 4.88. The number of ether oxygens (including phenoxy) is 2. The molecular formula is C32H40N6O2. The topological polar surface area (TPSA) is 82.3 Å². The number of hydrogen-bond acceptors (Lipinski definition) is 6. The lowest BCUT2D eigenvalue weighted by atomic mass is 9.99. The number of fused-ring (bicyclic) bond motifs is 2. The highest BCUT2D eigenvalue weighted by Gasteiger charge is 2.15. The van der Waals surface area contributed by atoms with Gasteiger partial charge in [0.05, 0.1) is 35.3 Å². The van der Waals surface area contributed by atoms with Crippen molar-refractivity contribution in [3.8, 4) is 34.3 Å². The van der Waals surface area contributed by atoms with Crippen LogP contribution in [0, 0.1) is 13.8 Å². The molecule has 0 saturated carbocycles. The second-order valence-corrected chi connectivity index (χ2v) is 11.0. The maximum atomic E-state index is 5.96. The number of aromatic amines is 2. The molecule has 0 saturated heterocycles. The first-order valence-electron chi connectivity index (χ1n) is 13.9. The van der Waals surface area contributed by atoms with Gasteiger partial charge in [-0.2, -0.15) is 0 Å². The van der Waals surface area contributed by atoms with Crippen LogP contribution in [-0.4, -0.2) is 84.2 Å². The molecule has 3 aromatic carbocycles. The van der Waals surface area contributed by atoms with Gasteiger partial charge in [0.1, 0.15) is 23.1 Å². The summed E-state index contributed by atoms with van der Waals surface area (Å²) in [6.45, 7) is 7.63. The van der Waals surface area contributed by atoms with Gasteiger partial charge in [0, 0.05) is 36.3 Å². The van der Waals surface area contributed by atoms with Crippen molar-refractivity contribution in [3.05, 3.63) is 59.7 Å². The van der Waals surface area contributed by atoms with Gasteiger partial charge in [0.15, 0.2) is 0 Å². The van der Waals surface area contributed by atoms with Crippen LogP contribution < -0.4 is 9.47 Å². The summed E-state index contributed by atoms with van der Waals surface area (Å²) in [6, 6.07) is 16.5. The minimum absolute atomic E-state index is 0.692. The van der Waals surface area contributed by atoms with Crippen LogP contribution in [0.4, 0.5) is 0 Å². The molecule has 0 aliphatic carbocycles. The van der Waals surface area contributed by atoms with Crippen LogP contribution in [0.5, 0.6) is 11.5 Å². The van der Waals surface area contributed by atoms with Crippen molar-refractivity contribution in [3.63, 3.8) is 0 Å². The first-order chi connectivity index (χ1) is 19.3. The number of nitrogens with one attached hydrogen (secondary N) is 2. The summed E-state index contributed by atoms with van der Waals surface area (Å²) in [5, 5.41) is 0. The smallest absolute Gasteiger partial charge is 0.138 e. The van der Waals surface area contributed by atoms with E-state index in [1.807, 2.05) is 36.4 Å². The van der Waals surface area contributed by atoms with Gasteiger partial charge in [-0.05, 0) is 102 Å². The summed E-state index contributed by atoms with van der Waals surface area (Å²) in [5.41, 5.74) is 8.21. The van der Waals surface area contributed by atoms with Crippen molar-refractivity contribution >= 4 is 22.1 Å². The molecule has 0 bridgehead atoms. The number of rotatable bonds is 12. The molecular weight excluding hydrogens is 500 g/mol. The van der Waals surface area contributed by atoms with Gasteiger partial charge < -0.3 is 29.2 Å². The maximum Gasteiger partial charge on any atom is 0.138 e. The SMILES string of the molecule is Cc1cc(-c2nc3ccc(OCCCN(C)C)cc3[nH]2)c(C)cc1-c1nc2ccc(OCCCN(C)C)cc2[nH]1. The zero-order valence-corrected chi connectivity index (χ0v) is 24.5. The van der Waals surface area contributed by atoms with Crippen LogP contribution in [-0.2, 0) is 0 Å². The third kappa shape index (κ3) is 6.46. The van der Waals surface area contributed by atoms with E-state index < -0.39 is 0 Å². The Morgan fingerprint density at radius 2 is 1.05 bits per heavy atom. The molecule has 0 fully saturated rings. The van der Waals surface area contributed by atoms with Gasteiger partial charge in [-0.3, -0.25) is 0 Å². The molecule has 0 radical (unpaired) electrons. The lowest BCUT2D eigenvalue weighted by molar-refractivity contribution is 0.282. The zero-order chi connectivity index (χ0) is 28.2. The molecule has 5 rings (SSSR count). The molecule has 2 heterocycles. The number of H-pyrrole nitrogens is 2. The van der Waals surface area contributed by atoms with Gasteiger partial charge >= 0.3 is 0 Å². The normalized spacial score (nSPS) is 11.8. The molecule has 0 aliphatic heterocycles. The van der Waals surface area contributed by atoms with E-state index in [0.29, 0.717) is 13.2 Å². The lowest BCUT2D eigenvalue weighted by Gasteiger charge is -2.10. The average molecular weight is 541 g/mol. The van der Waals surface area contributed by atoms with E-state index >= 15 is 0 Å². The maximum absolute atomic E-state index is 5.96. The summed E-state index contributed by atoms with van der Waals surface area (Å²) in [5.74, 6) is 3.42. The first-order valence-corrected chi connectivity index (χ1v) is 13.9. The molecule has 0 atom stereocenters. The molecule has 8 nitrogen and oxygen atoms in total. The van der Waals surface area contributed by atoms with Crippen LogP contribution in [0.1, 0.15) is 24.0 Å². The molecule has 0 spiro atoms. The number of aryl methyl sites for hydroxylation is 2. The number of benzene rings is 3. The lowest BCUT2D eigenvalue weighted by Crippen LogP contribution is -2.15. The molecule has 210 valence electrons. The molecule has 5 aromatic rings. The van der Waals surface area contributed by atoms with Gasteiger partial charge in [-0.25, -0.2) is 9.97 Å². The Morgan fingerprint density at radius 3 is 1.45 bits per heavy atom. The van der Waals surface area contributed by atoms with Gasteiger partial charge in [0.2, 0.25) is 0 Å². The van der Waals surface area contributed by atoms with Crippen molar-refractivity contribution in [2.75, 3.05) is 54.5 Å². The predicted octanol–water partition coefficient (Wildman–Crippen LogP) is 6.05. The molecule has 2 aromatic heterocycles. The van der Waals surface area contributed by atoms with Crippen LogP contribution in [0.25, 0.3) is 44.8 Å².